The van der Waals surface area contributed by atoms with Gasteiger partial charge >= 0.3 is 0 Å². The van der Waals surface area contributed by atoms with E-state index in [1.165, 1.54) is 0 Å². The molecule has 0 bridgehead atoms. The Labute approximate surface area is 146 Å². The van der Waals surface area contributed by atoms with Crippen LogP contribution in [-0.4, -0.2) is 39.1 Å². The molecule has 0 radical (unpaired) electrons. The zero-order valence-corrected chi connectivity index (χ0v) is 14.3. The van der Waals surface area contributed by atoms with E-state index in [-0.39, 0.29) is 17.7 Å². The third-order valence-corrected chi connectivity index (χ3v) is 4.98. The van der Waals surface area contributed by atoms with Crippen molar-refractivity contribution >= 4 is 11.8 Å². The van der Waals surface area contributed by atoms with Gasteiger partial charge in [0.25, 0.3) is 0 Å². The molecule has 1 N–H and O–H groups in total. The van der Waals surface area contributed by atoms with Crippen molar-refractivity contribution in [2.75, 3.05) is 6.54 Å². The van der Waals surface area contributed by atoms with E-state index < -0.39 is 0 Å². The first-order chi connectivity index (χ1) is 12.1. The largest absolute Gasteiger partial charge is 0.352 e. The molecule has 2 heterocycles. The summed E-state index contributed by atoms with van der Waals surface area (Å²) in [5.41, 5.74) is 3.12. The average Bonchev–Trinajstić information content (AvgIpc) is 3.21. The molecule has 130 valence electrons. The quantitative estimate of drug-likeness (QED) is 0.904. The highest BCUT2D eigenvalue weighted by Gasteiger charge is 2.41. The average molecular weight is 338 g/mol. The number of aryl methyl sites for hydroxylation is 1. The fourth-order valence-electron chi connectivity index (χ4n) is 3.38. The van der Waals surface area contributed by atoms with Crippen molar-refractivity contribution in [3.05, 3.63) is 47.8 Å². The van der Waals surface area contributed by atoms with Crippen molar-refractivity contribution in [1.29, 1.82) is 0 Å². The summed E-state index contributed by atoms with van der Waals surface area (Å²) < 4.78 is 1.82. The molecule has 2 amide bonds. The number of carbonyl (C=O) groups excluding carboxylic acids is 2. The minimum absolute atomic E-state index is 0.0415. The lowest BCUT2D eigenvalue weighted by Crippen LogP contribution is -2.33. The van der Waals surface area contributed by atoms with Gasteiger partial charge in [-0.3, -0.25) is 9.59 Å². The minimum Gasteiger partial charge on any atom is -0.352 e. The summed E-state index contributed by atoms with van der Waals surface area (Å²) in [6, 6.07) is 8.42. The topological polar surface area (TPSA) is 67.2 Å². The second-order valence-electron chi connectivity index (χ2n) is 6.98. The molecule has 6 nitrogen and oxygen atoms in total. The van der Waals surface area contributed by atoms with Crippen LogP contribution in [0.5, 0.6) is 0 Å². The van der Waals surface area contributed by atoms with Gasteiger partial charge in [0, 0.05) is 37.3 Å². The fraction of sp³-hybridized carbons (Fsp3) is 0.421. The van der Waals surface area contributed by atoms with Gasteiger partial charge in [-0.25, -0.2) is 4.68 Å². The summed E-state index contributed by atoms with van der Waals surface area (Å²) in [7, 11) is 0. The molecule has 1 aromatic carbocycles. The Balaban J connectivity index is 1.35. The van der Waals surface area contributed by atoms with Gasteiger partial charge in [0.1, 0.15) is 0 Å². The molecule has 1 atom stereocenters. The standard InChI is InChI=1S/C19H22N4O2/c1-13-4-2-3-5-17(13)23-11-14(10-21-23)9-20-19(25)15-8-18(24)22(12-15)16-6-7-16/h2-5,10-11,15-16H,6-9,12H2,1H3,(H,20,25)/t15-/m0/s1. The van der Waals surface area contributed by atoms with E-state index in [1.54, 1.807) is 6.20 Å². The molecule has 1 aliphatic carbocycles. The van der Waals surface area contributed by atoms with Gasteiger partial charge in [-0.1, -0.05) is 18.2 Å². The normalized spacial score (nSPS) is 20.1. The van der Waals surface area contributed by atoms with Crippen LogP contribution in [0.15, 0.2) is 36.7 Å². The van der Waals surface area contributed by atoms with Crippen LogP contribution in [-0.2, 0) is 16.1 Å². The Bertz CT molecular complexity index is 809. The number of nitrogens with one attached hydrogen (secondary N) is 1. The number of benzene rings is 1. The van der Waals surface area contributed by atoms with E-state index in [9.17, 15) is 9.59 Å². The minimum atomic E-state index is -0.223. The van der Waals surface area contributed by atoms with E-state index in [4.69, 9.17) is 0 Å². The molecule has 1 aromatic heterocycles. The van der Waals surface area contributed by atoms with Crippen LogP contribution in [0.1, 0.15) is 30.4 Å². The van der Waals surface area contributed by atoms with Crippen molar-refractivity contribution in [1.82, 2.24) is 20.0 Å². The highest BCUT2D eigenvalue weighted by molar-refractivity contribution is 5.89. The van der Waals surface area contributed by atoms with Crippen molar-refractivity contribution < 1.29 is 9.59 Å². The van der Waals surface area contributed by atoms with Crippen molar-refractivity contribution in [2.24, 2.45) is 5.92 Å². The van der Waals surface area contributed by atoms with E-state index in [0.29, 0.717) is 25.6 Å². The van der Waals surface area contributed by atoms with Crippen molar-refractivity contribution in [3.63, 3.8) is 0 Å². The van der Waals surface area contributed by atoms with Gasteiger partial charge in [0.15, 0.2) is 0 Å². The molecule has 1 aliphatic heterocycles. The van der Waals surface area contributed by atoms with E-state index in [0.717, 1.165) is 29.7 Å². The maximum absolute atomic E-state index is 12.4. The molecule has 1 saturated carbocycles. The first-order valence-electron chi connectivity index (χ1n) is 8.78. The van der Waals surface area contributed by atoms with Crippen LogP contribution in [0.25, 0.3) is 5.69 Å². The Morgan fingerprint density at radius 2 is 2.12 bits per heavy atom. The number of carbonyl (C=O) groups is 2. The van der Waals surface area contributed by atoms with Crippen LogP contribution >= 0.6 is 0 Å². The summed E-state index contributed by atoms with van der Waals surface area (Å²) in [4.78, 5) is 26.2. The summed E-state index contributed by atoms with van der Waals surface area (Å²) in [5.74, 6) is -0.144. The molecule has 2 fully saturated rings. The maximum atomic E-state index is 12.4. The van der Waals surface area contributed by atoms with Gasteiger partial charge < -0.3 is 10.2 Å². The number of likely N-dealkylation sites (tertiary alicyclic amines) is 1. The summed E-state index contributed by atoms with van der Waals surface area (Å²) >= 11 is 0. The molecule has 25 heavy (non-hydrogen) atoms. The number of para-hydroxylation sites is 1. The second kappa shape index (κ2) is 6.35. The summed E-state index contributed by atoms with van der Waals surface area (Å²) in [5, 5.41) is 7.33. The lowest BCUT2D eigenvalue weighted by molar-refractivity contribution is -0.129. The molecule has 2 aliphatic rings. The molecule has 6 heteroatoms. The number of hydrogen-bond acceptors (Lipinski definition) is 3. The molecular weight excluding hydrogens is 316 g/mol. The first-order valence-corrected chi connectivity index (χ1v) is 8.78. The number of amides is 2. The van der Waals surface area contributed by atoms with Crippen LogP contribution < -0.4 is 5.32 Å². The number of nitrogens with zero attached hydrogens (tertiary/aromatic N) is 3. The van der Waals surface area contributed by atoms with E-state index in [2.05, 4.69) is 10.4 Å². The monoisotopic (exact) mass is 338 g/mol. The highest BCUT2D eigenvalue weighted by atomic mass is 16.2. The summed E-state index contributed by atoms with van der Waals surface area (Å²) in [6.07, 6.45) is 6.20. The third-order valence-electron chi connectivity index (χ3n) is 4.98. The van der Waals surface area contributed by atoms with Gasteiger partial charge in [0.05, 0.1) is 17.8 Å². The van der Waals surface area contributed by atoms with Crippen LogP contribution in [0.2, 0.25) is 0 Å². The third kappa shape index (κ3) is 3.29. The Morgan fingerprint density at radius 3 is 2.88 bits per heavy atom. The first kappa shape index (κ1) is 15.9. The Hall–Kier alpha value is -2.63. The zero-order chi connectivity index (χ0) is 17.4. The molecular formula is C19H22N4O2. The van der Waals surface area contributed by atoms with Gasteiger partial charge in [0.2, 0.25) is 11.8 Å². The highest BCUT2D eigenvalue weighted by Crippen LogP contribution is 2.32. The van der Waals surface area contributed by atoms with Gasteiger partial charge in [-0.05, 0) is 31.4 Å². The smallest absolute Gasteiger partial charge is 0.225 e. The predicted octanol–water partition coefficient (Wildman–Crippen LogP) is 1.81. The summed E-state index contributed by atoms with van der Waals surface area (Å²) in [6.45, 7) is 3.04. The molecule has 4 rings (SSSR count). The zero-order valence-electron chi connectivity index (χ0n) is 14.3. The molecule has 1 saturated heterocycles. The van der Waals surface area contributed by atoms with E-state index in [1.807, 2.05) is 47.0 Å². The molecule has 2 aromatic rings. The lowest BCUT2D eigenvalue weighted by atomic mass is 10.1. The van der Waals surface area contributed by atoms with Crippen LogP contribution in [0, 0.1) is 12.8 Å². The van der Waals surface area contributed by atoms with Crippen LogP contribution in [0.4, 0.5) is 0 Å². The van der Waals surface area contributed by atoms with E-state index >= 15 is 0 Å². The Morgan fingerprint density at radius 1 is 1.32 bits per heavy atom. The number of aromatic nitrogens is 2. The SMILES string of the molecule is Cc1ccccc1-n1cc(CNC(=O)[C@H]2CC(=O)N(C3CC3)C2)cn1. The number of rotatable bonds is 5. The fourth-order valence-corrected chi connectivity index (χ4v) is 3.38. The Kier molecular flexibility index (Phi) is 4.03. The lowest BCUT2D eigenvalue weighted by Gasteiger charge is -2.15. The van der Waals surface area contributed by atoms with Crippen LogP contribution in [0.3, 0.4) is 0 Å². The maximum Gasteiger partial charge on any atom is 0.225 e. The van der Waals surface area contributed by atoms with Gasteiger partial charge in [-0.2, -0.15) is 5.10 Å². The van der Waals surface area contributed by atoms with Crippen molar-refractivity contribution in [2.45, 2.75) is 38.8 Å². The molecule has 0 spiro atoms. The number of hydrogen-bond donors (Lipinski definition) is 1. The molecule has 0 unspecified atom stereocenters. The predicted molar refractivity (Wildman–Crippen MR) is 93.0 cm³/mol. The second-order valence-corrected chi connectivity index (χ2v) is 6.98. The van der Waals surface area contributed by atoms with Crippen molar-refractivity contribution in [3.8, 4) is 5.69 Å². The van der Waals surface area contributed by atoms with Gasteiger partial charge in [-0.15, -0.1) is 0 Å².